The van der Waals surface area contributed by atoms with Gasteiger partial charge in [-0.3, -0.25) is 9.69 Å². The van der Waals surface area contributed by atoms with Crippen LogP contribution in [0.4, 0.5) is 5.13 Å². The van der Waals surface area contributed by atoms with Gasteiger partial charge in [-0.25, -0.2) is 13.4 Å². The molecule has 3 aromatic rings. The zero-order chi connectivity index (χ0) is 24.3. The largest absolute Gasteiger partial charge is 0.308 e. The summed E-state index contributed by atoms with van der Waals surface area (Å²) in [6.45, 7) is 4.39. The summed E-state index contributed by atoms with van der Waals surface area (Å²) in [4.78, 5) is 22.2. The highest BCUT2D eigenvalue weighted by molar-refractivity contribution is 7.89. The molecule has 1 amide bonds. The van der Waals surface area contributed by atoms with Crippen molar-refractivity contribution in [3.05, 3.63) is 53.6 Å². The van der Waals surface area contributed by atoms with Crippen molar-refractivity contribution in [1.29, 1.82) is 0 Å². The lowest BCUT2D eigenvalue weighted by atomic mass is 10.2. The van der Waals surface area contributed by atoms with Crippen molar-refractivity contribution in [2.24, 2.45) is 0 Å². The van der Waals surface area contributed by atoms with E-state index in [0.29, 0.717) is 36.9 Å². The summed E-state index contributed by atoms with van der Waals surface area (Å²) in [5, 5.41) is 0.653. The van der Waals surface area contributed by atoms with E-state index in [2.05, 4.69) is 19.1 Å². The summed E-state index contributed by atoms with van der Waals surface area (Å²) in [5.74, 6) is -0.182. The number of anilines is 1. The molecular formula is C25H33ClN4O3S2. The zero-order valence-electron chi connectivity index (χ0n) is 20.4. The third kappa shape index (κ3) is 6.21. The third-order valence-electron chi connectivity index (χ3n) is 6.15. The van der Waals surface area contributed by atoms with Crippen LogP contribution in [-0.4, -0.2) is 68.8 Å². The van der Waals surface area contributed by atoms with Crippen molar-refractivity contribution < 1.29 is 13.2 Å². The Balaban J connectivity index is 0.00000342. The maximum atomic E-state index is 13.5. The van der Waals surface area contributed by atoms with E-state index in [1.807, 2.05) is 25.1 Å². The number of carbonyl (C=O) groups excluding carboxylic acids is 1. The molecule has 7 nitrogen and oxygen atoms in total. The van der Waals surface area contributed by atoms with Gasteiger partial charge < -0.3 is 4.90 Å². The fourth-order valence-corrected chi connectivity index (χ4v) is 6.63. The van der Waals surface area contributed by atoms with E-state index in [4.69, 9.17) is 4.98 Å². The van der Waals surface area contributed by atoms with E-state index in [0.717, 1.165) is 35.9 Å². The number of hydrogen-bond acceptors (Lipinski definition) is 6. The molecule has 2 heterocycles. The first kappa shape index (κ1) is 27.5. The number of hydrogen-bond donors (Lipinski definition) is 0. The lowest BCUT2D eigenvalue weighted by molar-refractivity contribution is 0.0985. The van der Waals surface area contributed by atoms with Crippen LogP contribution in [-0.2, 0) is 16.4 Å². The molecule has 0 radical (unpaired) electrons. The number of carbonyl (C=O) groups is 1. The summed E-state index contributed by atoms with van der Waals surface area (Å²) < 4.78 is 28.5. The van der Waals surface area contributed by atoms with Gasteiger partial charge in [0.15, 0.2) is 5.13 Å². The Hall–Kier alpha value is -2.04. The number of amides is 1. The molecule has 0 unspecified atom stereocenters. The molecule has 0 spiro atoms. The van der Waals surface area contributed by atoms with Crippen LogP contribution in [0.5, 0.6) is 0 Å². The van der Waals surface area contributed by atoms with Gasteiger partial charge in [0.25, 0.3) is 5.91 Å². The number of sulfonamides is 1. The summed E-state index contributed by atoms with van der Waals surface area (Å²) >= 11 is 1.51. The number of piperidine rings is 1. The van der Waals surface area contributed by atoms with Crippen LogP contribution in [0.25, 0.3) is 10.2 Å². The molecule has 190 valence electrons. The van der Waals surface area contributed by atoms with Gasteiger partial charge in [0.05, 0.1) is 15.1 Å². The second-order valence-corrected chi connectivity index (χ2v) is 11.8. The van der Waals surface area contributed by atoms with E-state index >= 15 is 0 Å². The molecule has 0 bridgehead atoms. The summed E-state index contributed by atoms with van der Waals surface area (Å²) in [6.07, 6.45) is 3.78. The van der Waals surface area contributed by atoms with Crippen molar-refractivity contribution in [2.75, 3.05) is 45.2 Å². The number of likely N-dealkylation sites (N-methyl/N-ethyl adjacent to an activating group) is 1. The minimum atomic E-state index is -3.53. The predicted octanol–water partition coefficient (Wildman–Crippen LogP) is 4.66. The van der Waals surface area contributed by atoms with Gasteiger partial charge in [-0.2, -0.15) is 4.31 Å². The van der Waals surface area contributed by atoms with Gasteiger partial charge in [-0.15, -0.1) is 12.4 Å². The van der Waals surface area contributed by atoms with Gasteiger partial charge in [-0.05, 0) is 75.3 Å². The Labute approximate surface area is 218 Å². The second kappa shape index (κ2) is 11.8. The van der Waals surface area contributed by atoms with Crippen LogP contribution in [0.2, 0.25) is 0 Å². The van der Waals surface area contributed by atoms with Gasteiger partial charge in [0.1, 0.15) is 0 Å². The fraction of sp³-hybridized carbons (Fsp3) is 0.440. The van der Waals surface area contributed by atoms with E-state index < -0.39 is 10.0 Å². The van der Waals surface area contributed by atoms with Gasteiger partial charge >= 0.3 is 0 Å². The second-order valence-electron chi connectivity index (χ2n) is 8.90. The van der Waals surface area contributed by atoms with Crippen molar-refractivity contribution in [3.8, 4) is 0 Å². The van der Waals surface area contributed by atoms with Gasteiger partial charge in [0, 0.05) is 31.7 Å². The van der Waals surface area contributed by atoms with E-state index in [1.54, 1.807) is 33.5 Å². The number of rotatable bonds is 8. The molecule has 2 aromatic carbocycles. The average Bonchev–Trinajstić information content (AvgIpc) is 3.27. The van der Waals surface area contributed by atoms with Crippen LogP contribution in [0.15, 0.2) is 47.4 Å². The average molecular weight is 537 g/mol. The molecule has 0 atom stereocenters. The maximum absolute atomic E-state index is 13.5. The number of benzene rings is 2. The third-order valence-corrected chi connectivity index (χ3v) is 9.10. The Bertz CT molecular complexity index is 1250. The van der Waals surface area contributed by atoms with Crippen molar-refractivity contribution in [1.82, 2.24) is 14.2 Å². The maximum Gasteiger partial charge on any atom is 0.260 e. The summed E-state index contributed by atoms with van der Waals surface area (Å²) in [7, 11) is 0.403. The highest BCUT2D eigenvalue weighted by Gasteiger charge is 2.27. The Morgan fingerprint density at radius 3 is 2.34 bits per heavy atom. The number of nitrogens with zero attached hydrogens (tertiary/aromatic N) is 4. The molecular weight excluding hydrogens is 504 g/mol. The SMILES string of the molecule is CCc1ccc2nc(N(CCN(C)C)C(=O)c3ccc(S(=O)(=O)N4CCCCC4)cc3)sc2c1.Cl. The zero-order valence-corrected chi connectivity index (χ0v) is 22.9. The van der Waals surface area contributed by atoms with Gasteiger partial charge in [-0.1, -0.05) is 30.7 Å². The standard InChI is InChI=1S/C25H32N4O3S2.ClH/c1-4-19-8-13-22-23(18-19)33-25(26-22)29(17-16-27(2)3)24(30)20-9-11-21(12-10-20)34(31,32)28-14-6-5-7-15-28;/h8-13,18H,4-7,14-17H2,1-3H3;1H. The molecule has 1 aliphatic heterocycles. The normalized spacial score (nSPS) is 14.7. The predicted molar refractivity (Wildman–Crippen MR) is 146 cm³/mol. The molecule has 1 aromatic heterocycles. The molecule has 10 heteroatoms. The number of halogens is 1. The Kier molecular flexibility index (Phi) is 9.28. The van der Waals surface area contributed by atoms with E-state index in [9.17, 15) is 13.2 Å². The molecule has 0 aliphatic carbocycles. The topological polar surface area (TPSA) is 73.8 Å². The van der Waals surface area contributed by atoms with Crippen molar-refractivity contribution >= 4 is 55.0 Å². The summed E-state index contributed by atoms with van der Waals surface area (Å²) in [5.41, 5.74) is 2.56. The number of fused-ring (bicyclic) bond motifs is 1. The Morgan fingerprint density at radius 2 is 1.71 bits per heavy atom. The molecule has 1 fully saturated rings. The van der Waals surface area contributed by atoms with E-state index in [1.165, 1.54) is 16.9 Å². The number of aromatic nitrogens is 1. The first-order chi connectivity index (χ1) is 16.3. The van der Waals surface area contributed by atoms with Crippen LogP contribution < -0.4 is 4.90 Å². The first-order valence-electron chi connectivity index (χ1n) is 11.8. The summed E-state index contributed by atoms with van der Waals surface area (Å²) in [6, 6.07) is 12.5. The highest BCUT2D eigenvalue weighted by Crippen LogP contribution is 2.31. The molecule has 35 heavy (non-hydrogen) atoms. The van der Waals surface area contributed by atoms with Crippen LogP contribution in [0, 0.1) is 0 Å². The minimum absolute atomic E-state index is 0. The van der Waals surface area contributed by atoms with Crippen LogP contribution in [0.1, 0.15) is 42.1 Å². The van der Waals surface area contributed by atoms with Crippen LogP contribution in [0.3, 0.4) is 0 Å². The fourth-order valence-electron chi connectivity index (χ4n) is 4.06. The molecule has 0 N–H and O–H groups in total. The Morgan fingerprint density at radius 1 is 1.03 bits per heavy atom. The quantitative estimate of drug-likeness (QED) is 0.418. The van der Waals surface area contributed by atoms with Crippen molar-refractivity contribution in [2.45, 2.75) is 37.5 Å². The highest BCUT2D eigenvalue weighted by atomic mass is 35.5. The lowest BCUT2D eigenvalue weighted by Gasteiger charge is -2.26. The molecule has 0 saturated carbocycles. The molecule has 1 saturated heterocycles. The van der Waals surface area contributed by atoms with Crippen LogP contribution >= 0.6 is 23.7 Å². The first-order valence-corrected chi connectivity index (χ1v) is 14.0. The smallest absolute Gasteiger partial charge is 0.260 e. The monoisotopic (exact) mass is 536 g/mol. The molecule has 1 aliphatic rings. The van der Waals surface area contributed by atoms with E-state index in [-0.39, 0.29) is 23.2 Å². The molecule has 4 rings (SSSR count). The van der Waals surface area contributed by atoms with Crippen molar-refractivity contribution in [3.63, 3.8) is 0 Å². The number of thiazole rings is 1. The minimum Gasteiger partial charge on any atom is -0.308 e. The van der Waals surface area contributed by atoms with Gasteiger partial charge in [0.2, 0.25) is 10.0 Å². The number of aryl methyl sites for hydroxylation is 1. The lowest BCUT2D eigenvalue weighted by Crippen LogP contribution is -2.37.